The molecule has 18 heavy (non-hydrogen) atoms. The van der Waals surface area contributed by atoms with Crippen LogP contribution in [0, 0.1) is 13.8 Å². The highest BCUT2D eigenvalue weighted by atomic mass is 32.1. The topological polar surface area (TPSA) is 68.0 Å². The molecule has 2 aromatic rings. The second-order valence-electron chi connectivity index (χ2n) is 4.10. The van der Waals surface area contributed by atoms with Gasteiger partial charge in [0.05, 0.1) is 17.1 Å². The highest BCUT2D eigenvalue weighted by molar-refractivity contribution is 7.11. The van der Waals surface area contributed by atoms with Crippen molar-refractivity contribution in [1.29, 1.82) is 0 Å². The molecule has 0 saturated carbocycles. The Hall–Kier alpha value is -1.69. The number of aromatic nitrogens is 3. The highest BCUT2D eigenvalue weighted by Crippen LogP contribution is 2.19. The van der Waals surface area contributed by atoms with E-state index in [1.54, 1.807) is 6.20 Å². The second-order valence-corrected chi connectivity index (χ2v) is 5.27. The predicted molar refractivity (Wildman–Crippen MR) is 68.9 cm³/mol. The fraction of sp³-hybridized carbons (Fsp3) is 0.417. The minimum absolute atomic E-state index is 0.0631. The molecule has 0 aromatic carbocycles. The quantitative estimate of drug-likeness (QED) is 0.895. The van der Waals surface area contributed by atoms with Crippen LogP contribution in [0.25, 0.3) is 0 Å². The zero-order chi connectivity index (χ0) is 13.1. The molecule has 1 N–H and O–H groups in total. The van der Waals surface area contributed by atoms with E-state index in [2.05, 4.69) is 14.5 Å². The first-order valence-corrected chi connectivity index (χ1v) is 6.52. The first-order chi connectivity index (χ1) is 8.56. The predicted octanol–water partition coefficient (Wildman–Crippen LogP) is 1.83. The lowest BCUT2D eigenvalue weighted by molar-refractivity contribution is -0.136. The van der Waals surface area contributed by atoms with E-state index >= 15 is 0 Å². The molecule has 0 bridgehead atoms. The second kappa shape index (κ2) is 5.30. The molecule has 2 heterocycles. The van der Waals surface area contributed by atoms with Gasteiger partial charge in [-0.15, -0.1) is 11.3 Å². The monoisotopic (exact) mass is 265 g/mol. The van der Waals surface area contributed by atoms with Crippen LogP contribution in [0.3, 0.4) is 0 Å². The molecule has 6 heteroatoms. The molecule has 2 rings (SSSR count). The number of aryl methyl sites for hydroxylation is 4. The largest absolute Gasteiger partial charge is 0.481 e. The lowest BCUT2D eigenvalue weighted by Gasteiger charge is -2.01. The summed E-state index contributed by atoms with van der Waals surface area (Å²) in [6.07, 6.45) is 4.59. The average molecular weight is 265 g/mol. The van der Waals surface area contributed by atoms with E-state index in [9.17, 15) is 4.79 Å². The lowest BCUT2D eigenvalue weighted by Crippen LogP contribution is -2.01. The van der Waals surface area contributed by atoms with Crippen molar-refractivity contribution >= 4 is 17.3 Å². The van der Waals surface area contributed by atoms with E-state index in [0.29, 0.717) is 0 Å². The molecule has 0 aliphatic carbocycles. The van der Waals surface area contributed by atoms with E-state index in [-0.39, 0.29) is 6.42 Å². The zero-order valence-corrected chi connectivity index (χ0v) is 11.2. The first kappa shape index (κ1) is 12.8. The molecule has 0 aliphatic heterocycles. The Labute approximate surface area is 109 Å². The molecule has 5 nitrogen and oxygen atoms in total. The normalized spacial score (nSPS) is 10.8. The maximum Gasteiger partial charge on any atom is 0.308 e. The van der Waals surface area contributed by atoms with Gasteiger partial charge in [0, 0.05) is 30.2 Å². The van der Waals surface area contributed by atoms with Crippen molar-refractivity contribution in [1.82, 2.24) is 14.5 Å². The number of aliphatic carboxylic acids is 1. The highest BCUT2D eigenvalue weighted by Gasteiger charge is 2.11. The van der Waals surface area contributed by atoms with Crippen LogP contribution in [0.5, 0.6) is 0 Å². The van der Waals surface area contributed by atoms with Crippen molar-refractivity contribution in [2.75, 3.05) is 0 Å². The number of hydrogen-bond donors (Lipinski definition) is 1. The minimum Gasteiger partial charge on any atom is -0.481 e. The van der Waals surface area contributed by atoms with Crippen LogP contribution in [0.15, 0.2) is 12.4 Å². The third-order valence-corrected chi connectivity index (χ3v) is 3.96. The zero-order valence-electron chi connectivity index (χ0n) is 10.4. The molecule has 96 valence electrons. The van der Waals surface area contributed by atoms with E-state index < -0.39 is 5.97 Å². The molecule has 0 unspecified atom stereocenters. The molecular weight excluding hydrogens is 250 g/mol. The Morgan fingerprint density at radius 2 is 2.28 bits per heavy atom. The Morgan fingerprint density at radius 1 is 1.50 bits per heavy atom. The maximum absolute atomic E-state index is 10.7. The third-order valence-electron chi connectivity index (χ3n) is 2.74. The number of thiazole rings is 1. The summed E-state index contributed by atoms with van der Waals surface area (Å²) in [4.78, 5) is 20.1. The Balaban J connectivity index is 2.02. The SMILES string of the molecule is Cc1nc(CCn2ccnc2C)sc1CC(=O)O. The molecule has 2 aromatic heterocycles. The number of rotatable bonds is 5. The Bertz CT molecular complexity index is 559. The van der Waals surface area contributed by atoms with Crippen LogP contribution in [0.1, 0.15) is 21.4 Å². The fourth-order valence-electron chi connectivity index (χ4n) is 1.75. The summed E-state index contributed by atoms with van der Waals surface area (Å²) in [7, 11) is 0. The average Bonchev–Trinajstić information content (AvgIpc) is 2.83. The van der Waals surface area contributed by atoms with Gasteiger partial charge in [-0.3, -0.25) is 4.79 Å². The van der Waals surface area contributed by atoms with Crippen LogP contribution in [-0.2, 0) is 24.2 Å². The molecule has 0 amide bonds. The summed E-state index contributed by atoms with van der Waals surface area (Å²) in [6, 6.07) is 0. The fourth-order valence-corrected chi connectivity index (χ4v) is 2.80. The van der Waals surface area contributed by atoms with Crippen molar-refractivity contribution in [3.05, 3.63) is 33.8 Å². The van der Waals surface area contributed by atoms with Gasteiger partial charge in [-0.2, -0.15) is 0 Å². The number of nitrogens with zero attached hydrogens (tertiary/aromatic N) is 3. The summed E-state index contributed by atoms with van der Waals surface area (Å²) >= 11 is 1.49. The van der Waals surface area contributed by atoms with E-state index in [0.717, 1.165) is 34.4 Å². The smallest absolute Gasteiger partial charge is 0.308 e. The summed E-state index contributed by atoms with van der Waals surface area (Å²) in [5, 5.41) is 9.77. The molecular formula is C12H15N3O2S. The molecule has 0 spiro atoms. The van der Waals surface area contributed by atoms with Crippen LogP contribution >= 0.6 is 11.3 Å². The van der Waals surface area contributed by atoms with Crippen molar-refractivity contribution in [3.8, 4) is 0 Å². The van der Waals surface area contributed by atoms with Gasteiger partial charge in [-0.05, 0) is 13.8 Å². The van der Waals surface area contributed by atoms with Crippen LogP contribution in [0.2, 0.25) is 0 Å². The van der Waals surface area contributed by atoms with Gasteiger partial charge < -0.3 is 9.67 Å². The molecule has 0 aliphatic rings. The van der Waals surface area contributed by atoms with E-state index in [4.69, 9.17) is 5.11 Å². The summed E-state index contributed by atoms with van der Waals surface area (Å²) in [5.74, 6) is 0.174. The standard InChI is InChI=1S/C12H15N3O2S/c1-8-10(7-12(16)17)18-11(14-8)3-5-15-6-4-13-9(15)2/h4,6H,3,5,7H2,1-2H3,(H,16,17). The molecule has 0 saturated heterocycles. The van der Waals surface area contributed by atoms with Crippen molar-refractivity contribution in [2.24, 2.45) is 0 Å². The van der Waals surface area contributed by atoms with Crippen molar-refractivity contribution < 1.29 is 9.90 Å². The summed E-state index contributed by atoms with van der Waals surface area (Å²) < 4.78 is 2.06. The van der Waals surface area contributed by atoms with Gasteiger partial charge in [-0.1, -0.05) is 0 Å². The number of hydrogen-bond acceptors (Lipinski definition) is 4. The third kappa shape index (κ3) is 2.95. The summed E-state index contributed by atoms with van der Waals surface area (Å²) in [5.41, 5.74) is 0.833. The van der Waals surface area contributed by atoms with Gasteiger partial charge >= 0.3 is 5.97 Å². The molecule has 0 fully saturated rings. The van der Waals surface area contributed by atoms with E-state index in [1.807, 2.05) is 20.0 Å². The number of carboxylic acids is 1. The van der Waals surface area contributed by atoms with Crippen molar-refractivity contribution in [3.63, 3.8) is 0 Å². The van der Waals surface area contributed by atoms with Gasteiger partial charge in [0.15, 0.2) is 0 Å². The van der Waals surface area contributed by atoms with Crippen LogP contribution < -0.4 is 0 Å². The van der Waals surface area contributed by atoms with Crippen LogP contribution in [0.4, 0.5) is 0 Å². The van der Waals surface area contributed by atoms with Crippen molar-refractivity contribution in [2.45, 2.75) is 33.2 Å². The Morgan fingerprint density at radius 3 is 2.89 bits per heavy atom. The maximum atomic E-state index is 10.7. The van der Waals surface area contributed by atoms with Gasteiger partial charge in [-0.25, -0.2) is 9.97 Å². The number of carboxylic acid groups (broad SMARTS) is 1. The van der Waals surface area contributed by atoms with Gasteiger partial charge in [0.25, 0.3) is 0 Å². The van der Waals surface area contributed by atoms with Gasteiger partial charge in [0.2, 0.25) is 0 Å². The minimum atomic E-state index is -0.807. The lowest BCUT2D eigenvalue weighted by atomic mass is 10.3. The van der Waals surface area contributed by atoms with E-state index in [1.165, 1.54) is 11.3 Å². The number of carbonyl (C=O) groups is 1. The van der Waals surface area contributed by atoms with Gasteiger partial charge in [0.1, 0.15) is 5.82 Å². The first-order valence-electron chi connectivity index (χ1n) is 5.71. The molecule has 0 atom stereocenters. The Kier molecular flexibility index (Phi) is 3.76. The summed E-state index contributed by atoms with van der Waals surface area (Å²) in [6.45, 7) is 4.65. The molecule has 0 radical (unpaired) electrons. The number of imidazole rings is 1. The van der Waals surface area contributed by atoms with Crippen LogP contribution in [-0.4, -0.2) is 25.6 Å².